The highest BCUT2D eigenvalue weighted by atomic mass is 32.2. The first-order valence-corrected chi connectivity index (χ1v) is 25.9. The first kappa shape index (κ1) is 62.2. The molecule has 75 heavy (non-hydrogen) atoms. The van der Waals surface area contributed by atoms with Crippen LogP contribution < -0.4 is 54.4 Å². The number of hydrogen-bond donors (Lipinski definition) is 13. The number of carbonyl (C=O) groups excluding carboxylic acids is 11. The average molecular weight is 1080 g/mol. The zero-order valence-corrected chi connectivity index (χ0v) is 43.3. The number of aliphatic carboxylic acids is 1. The molecule has 2 fully saturated rings. The maximum Gasteiger partial charge on any atom is 0.326 e. The fraction of sp³-hybridized carbons (Fsp3) is 0.617. The van der Waals surface area contributed by atoms with Crippen LogP contribution in [0.2, 0.25) is 0 Å². The molecule has 0 spiro atoms. The molecular weight excluding hydrogens is 1000 g/mol. The summed E-state index contributed by atoms with van der Waals surface area (Å²) in [7, 11) is 0. The first-order valence-electron chi connectivity index (χ1n) is 24.5. The molecule has 27 nitrogen and oxygen atoms in total. The lowest BCUT2D eigenvalue weighted by Gasteiger charge is -2.32. The van der Waals surface area contributed by atoms with Gasteiger partial charge in [-0.25, -0.2) is 4.79 Å². The van der Waals surface area contributed by atoms with Gasteiger partial charge in [-0.15, -0.1) is 0 Å². The van der Waals surface area contributed by atoms with Crippen molar-refractivity contribution in [2.45, 2.75) is 139 Å². The Hall–Kier alpha value is -7.07. The van der Waals surface area contributed by atoms with Crippen LogP contribution in [0.5, 0.6) is 5.75 Å². The Morgan fingerprint density at radius 3 is 1.79 bits per heavy atom. The molecule has 2 aliphatic rings. The van der Waals surface area contributed by atoms with E-state index < -0.39 is 144 Å². The van der Waals surface area contributed by atoms with Gasteiger partial charge in [0, 0.05) is 32.4 Å². The van der Waals surface area contributed by atoms with Crippen LogP contribution in [0.1, 0.15) is 84.1 Å². The third-order valence-corrected chi connectivity index (χ3v) is 13.2. The molecule has 416 valence electrons. The Bertz CT molecular complexity index is 2240. The lowest BCUT2D eigenvalue weighted by atomic mass is 10.0. The summed E-state index contributed by atoms with van der Waals surface area (Å²) in [5.74, 6) is -10.4. The van der Waals surface area contributed by atoms with E-state index in [0.29, 0.717) is 24.2 Å². The van der Waals surface area contributed by atoms with Crippen LogP contribution in [0.4, 0.5) is 0 Å². The standard InChI is InChI=1S/C47H72N12O15S/c1-24(2)38(47(73)74)57-42(68)29(14-16-36(50)63)53-43(69)31(21-26-9-11-27(61)12-10-26)55-39(65)25(3)52-44(70)32(23-60)56-41(67)30(17-20-75-4)54-45(71)33-7-5-19-59(33)46(72)34-8-6-18-58(34)37(64)22-51-40(66)28(48)13-15-35(49)62/h9-12,24-25,28-34,38,60-61H,5-8,13-23,48H2,1-4H3,(H2,49,62)(H2,50,63)(H,51,66)(H,52,70)(H,53,69)(H,54,71)(H,55,65)(H,56,67)(H,57,68)(H,73,74)/t25-,28-,29-,30-,31-,32-,33-,34-,38-/m0/s1. The second-order valence-electron chi connectivity index (χ2n) is 18.6. The molecule has 0 bridgehead atoms. The largest absolute Gasteiger partial charge is 0.508 e. The maximum absolute atomic E-state index is 14.0. The van der Waals surface area contributed by atoms with Crippen molar-refractivity contribution in [2.75, 3.05) is 38.2 Å². The van der Waals surface area contributed by atoms with Crippen LogP contribution in [0.15, 0.2) is 24.3 Å². The van der Waals surface area contributed by atoms with Gasteiger partial charge in [0.2, 0.25) is 65.0 Å². The van der Waals surface area contributed by atoms with Crippen molar-refractivity contribution in [3.8, 4) is 5.75 Å². The quantitative estimate of drug-likeness (QED) is 0.0344. The number of carboxylic acids is 1. The number of aliphatic hydroxyl groups excluding tert-OH is 1. The lowest BCUT2D eigenvalue weighted by molar-refractivity contribution is -0.147. The number of nitrogens with one attached hydrogen (secondary N) is 7. The van der Waals surface area contributed by atoms with E-state index in [9.17, 15) is 72.9 Å². The minimum atomic E-state index is -1.67. The van der Waals surface area contributed by atoms with Crippen molar-refractivity contribution in [2.24, 2.45) is 23.1 Å². The third-order valence-electron chi connectivity index (χ3n) is 12.5. The zero-order valence-electron chi connectivity index (χ0n) is 42.5. The molecule has 1 aromatic carbocycles. The molecule has 2 heterocycles. The number of thioether (sulfide) groups is 1. The molecular formula is C47H72N12O15S. The van der Waals surface area contributed by atoms with Crippen molar-refractivity contribution >= 4 is 82.7 Å². The zero-order chi connectivity index (χ0) is 56.1. The second-order valence-corrected chi connectivity index (χ2v) is 19.6. The van der Waals surface area contributed by atoms with Gasteiger partial charge in [-0.05, 0) is 87.5 Å². The van der Waals surface area contributed by atoms with Crippen molar-refractivity contribution in [3.63, 3.8) is 0 Å². The summed E-state index contributed by atoms with van der Waals surface area (Å²) in [6, 6.07) is -6.26. The molecule has 16 N–H and O–H groups in total. The number of phenols is 1. The summed E-state index contributed by atoms with van der Waals surface area (Å²) in [4.78, 5) is 159. The number of nitrogens with zero attached hydrogens (tertiary/aromatic N) is 2. The topological polar surface area (TPSA) is 434 Å². The Labute approximate surface area is 437 Å². The number of nitrogens with two attached hydrogens (primary N) is 3. The SMILES string of the molecule is CSCC[C@H](NC(=O)[C@@H]1CCCN1C(=O)[C@@H]1CCCN1C(=O)CNC(=O)[C@@H](N)CCC(N)=O)C(=O)N[C@@H](CO)C(=O)N[C@@H](C)C(=O)N[C@@H](Cc1ccc(O)cc1)C(=O)N[C@@H](CCC(N)=O)C(=O)N[C@H](C(=O)O)C(C)C. The number of primary amides is 2. The highest BCUT2D eigenvalue weighted by Crippen LogP contribution is 2.25. The molecule has 11 amide bonds. The van der Waals surface area contributed by atoms with E-state index in [1.54, 1.807) is 20.1 Å². The van der Waals surface area contributed by atoms with Crippen LogP contribution in [0, 0.1) is 5.92 Å². The Balaban J connectivity index is 1.71. The number of aromatic hydroxyl groups is 1. The fourth-order valence-electron chi connectivity index (χ4n) is 8.23. The number of aliphatic hydroxyl groups is 1. The van der Waals surface area contributed by atoms with Gasteiger partial charge in [-0.1, -0.05) is 26.0 Å². The summed E-state index contributed by atoms with van der Waals surface area (Å²) >= 11 is 1.35. The summed E-state index contributed by atoms with van der Waals surface area (Å²) in [6.07, 6.45) is 2.09. The van der Waals surface area contributed by atoms with E-state index in [2.05, 4.69) is 37.2 Å². The van der Waals surface area contributed by atoms with Crippen molar-refractivity contribution < 1.29 is 72.9 Å². The first-order chi connectivity index (χ1) is 35.4. The van der Waals surface area contributed by atoms with E-state index in [0.717, 1.165) is 0 Å². The number of phenolic OH excluding ortho intramolecular Hbond substituents is 1. The van der Waals surface area contributed by atoms with E-state index in [-0.39, 0.29) is 70.2 Å². The van der Waals surface area contributed by atoms with Crippen molar-refractivity contribution in [1.29, 1.82) is 0 Å². The minimum Gasteiger partial charge on any atom is -0.508 e. The molecule has 0 unspecified atom stereocenters. The van der Waals surface area contributed by atoms with Crippen LogP contribution in [0.3, 0.4) is 0 Å². The monoisotopic (exact) mass is 1080 g/mol. The highest BCUT2D eigenvalue weighted by Gasteiger charge is 2.43. The number of likely N-dealkylation sites (tertiary alicyclic amines) is 2. The number of benzene rings is 1. The summed E-state index contributed by atoms with van der Waals surface area (Å²) < 4.78 is 0. The van der Waals surface area contributed by atoms with Crippen LogP contribution in [-0.4, -0.2) is 189 Å². The Kier molecular flexibility index (Phi) is 25.2. The van der Waals surface area contributed by atoms with Gasteiger partial charge in [0.1, 0.15) is 54.1 Å². The Morgan fingerprint density at radius 2 is 1.20 bits per heavy atom. The van der Waals surface area contributed by atoms with Gasteiger partial charge >= 0.3 is 5.97 Å². The van der Waals surface area contributed by atoms with Gasteiger partial charge in [0.25, 0.3) is 0 Å². The van der Waals surface area contributed by atoms with Gasteiger partial charge in [-0.2, -0.15) is 11.8 Å². The van der Waals surface area contributed by atoms with Gasteiger partial charge in [-0.3, -0.25) is 52.7 Å². The van der Waals surface area contributed by atoms with E-state index >= 15 is 0 Å². The lowest BCUT2D eigenvalue weighted by Crippen LogP contribution is -2.60. The smallest absolute Gasteiger partial charge is 0.326 e. The van der Waals surface area contributed by atoms with Gasteiger partial charge < -0.3 is 79.5 Å². The fourth-order valence-corrected chi connectivity index (χ4v) is 8.70. The molecule has 0 aliphatic carbocycles. The van der Waals surface area contributed by atoms with Crippen molar-refractivity contribution in [3.05, 3.63) is 29.8 Å². The number of rotatable bonds is 30. The molecule has 1 aromatic rings. The highest BCUT2D eigenvalue weighted by molar-refractivity contribution is 7.98. The molecule has 0 aromatic heterocycles. The van der Waals surface area contributed by atoms with Crippen LogP contribution in [-0.2, 0) is 64.0 Å². The molecule has 2 aliphatic heterocycles. The maximum atomic E-state index is 14.0. The predicted molar refractivity (Wildman–Crippen MR) is 269 cm³/mol. The summed E-state index contributed by atoms with van der Waals surface area (Å²) in [5.41, 5.74) is 16.6. The number of hydrogen-bond acceptors (Lipinski definition) is 16. The number of carbonyl (C=O) groups is 12. The van der Waals surface area contributed by atoms with Crippen molar-refractivity contribution in [1.82, 2.24) is 47.0 Å². The third kappa shape index (κ3) is 19.6. The molecule has 0 saturated carbocycles. The Morgan fingerprint density at radius 1 is 0.667 bits per heavy atom. The number of carboxylic acid groups (broad SMARTS) is 1. The molecule has 3 rings (SSSR count). The predicted octanol–water partition coefficient (Wildman–Crippen LogP) is -4.69. The van der Waals surface area contributed by atoms with Crippen LogP contribution >= 0.6 is 11.8 Å². The van der Waals surface area contributed by atoms with Gasteiger partial charge in [0.15, 0.2) is 0 Å². The van der Waals surface area contributed by atoms with Gasteiger partial charge in [0.05, 0.1) is 19.2 Å². The normalized spacial score (nSPS) is 18.0. The van der Waals surface area contributed by atoms with Crippen LogP contribution in [0.25, 0.3) is 0 Å². The second kappa shape index (κ2) is 30.3. The van der Waals surface area contributed by atoms with E-state index in [1.807, 2.05) is 0 Å². The molecule has 2 saturated heterocycles. The average Bonchev–Trinajstić information content (AvgIpc) is 4.07. The molecule has 0 radical (unpaired) electrons. The number of amides is 11. The van der Waals surface area contributed by atoms with E-state index in [1.165, 1.54) is 52.8 Å². The molecule has 9 atom stereocenters. The minimum absolute atomic E-state index is 0.0247. The summed E-state index contributed by atoms with van der Waals surface area (Å²) in [6.45, 7) is 3.27. The molecule has 28 heteroatoms. The summed E-state index contributed by atoms with van der Waals surface area (Å²) in [5, 5.41) is 46.9. The van der Waals surface area contributed by atoms with E-state index in [4.69, 9.17) is 17.2 Å².